The summed E-state index contributed by atoms with van der Waals surface area (Å²) < 4.78 is 0. The Kier molecular flexibility index (Phi) is 7.11. The molecule has 4 heteroatoms. The molecule has 0 bridgehead atoms. The molecule has 4 rings (SSSR count). The number of hydrogen-bond donors (Lipinski definition) is 1. The van der Waals surface area contributed by atoms with Crippen LogP contribution in [0.4, 0.5) is 0 Å². The Hall–Kier alpha value is -2.98. The van der Waals surface area contributed by atoms with Crippen molar-refractivity contribution in [3.8, 4) is 0 Å². The zero-order chi connectivity index (χ0) is 21.5. The van der Waals surface area contributed by atoms with Crippen molar-refractivity contribution in [3.63, 3.8) is 0 Å². The Bertz CT molecular complexity index is 994. The minimum Gasteiger partial charge on any atom is -0.339 e. The number of amides is 1. The third kappa shape index (κ3) is 5.59. The monoisotopic (exact) mass is 413 g/mol. The molecule has 0 atom stereocenters. The molecule has 1 aromatic heterocycles. The van der Waals surface area contributed by atoms with E-state index in [1.165, 1.54) is 16.7 Å². The lowest BCUT2D eigenvalue weighted by atomic mass is 9.88. The van der Waals surface area contributed by atoms with E-state index in [4.69, 9.17) is 5.73 Å². The van der Waals surface area contributed by atoms with Crippen molar-refractivity contribution in [3.05, 3.63) is 101 Å². The van der Waals surface area contributed by atoms with Crippen LogP contribution in [0.2, 0.25) is 0 Å². The number of nitrogens with two attached hydrogens (primary N) is 1. The van der Waals surface area contributed by atoms with E-state index in [1.54, 1.807) is 6.20 Å². The Morgan fingerprint density at radius 2 is 1.61 bits per heavy atom. The molecule has 1 aliphatic rings. The van der Waals surface area contributed by atoms with Crippen molar-refractivity contribution in [1.82, 2.24) is 9.88 Å². The summed E-state index contributed by atoms with van der Waals surface area (Å²) in [4.78, 5) is 19.4. The van der Waals surface area contributed by atoms with Gasteiger partial charge in [0.2, 0.25) is 0 Å². The molecule has 2 N–H and O–H groups in total. The predicted octanol–water partition coefficient (Wildman–Crippen LogP) is 4.39. The molecular weight excluding hydrogens is 382 g/mol. The first kappa shape index (κ1) is 21.3. The number of aryl methyl sites for hydroxylation is 2. The van der Waals surface area contributed by atoms with E-state index in [0.29, 0.717) is 18.0 Å². The predicted molar refractivity (Wildman–Crippen MR) is 125 cm³/mol. The summed E-state index contributed by atoms with van der Waals surface area (Å²) in [6, 6.07) is 21.2. The van der Waals surface area contributed by atoms with Gasteiger partial charge in [-0.3, -0.25) is 9.78 Å². The second kappa shape index (κ2) is 10.4. The van der Waals surface area contributed by atoms with Crippen molar-refractivity contribution >= 4 is 5.91 Å². The molecule has 1 saturated heterocycles. The minimum atomic E-state index is 0.101. The highest BCUT2D eigenvalue weighted by atomic mass is 16.2. The third-order valence-corrected chi connectivity index (χ3v) is 6.22. The van der Waals surface area contributed by atoms with Crippen LogP contribution in [0.25, 0.3) is 0 Å². The summed E-state index contributed by atoms with van der Waals surface area (Å²) in [6.45, 7) is 2.26. The molecule has 1 amide bonds. The normalized spacial score (nSPS) is 14.5. The maximum absolute atomic E-state index is 13.1. The third-order valence-electron chi connectivity index (χ3n) is 6.22. The SMILES string of the molecule is NCCc1cccc(C2CCN(C(=O)c3cncc(CCc4ccccc4)c3)CC2)c1. The average Bonchev–Trinajstić information content (AvgIpc) is 2.84. The van der Waals surface area contributed by atoms with Gasteiger partial charge < -0.3 is 10.6 Å². The van der Waals surface area contributed by atoms with E-state index in [-0.39, 0.29) is 5.91 Å². The molecule has 3 aromatic rings. The van der Waals surface area contributed by atoms with Gasteiger partial charge >= 0.3 is 0 Å². The Balaban J connectivity index is 1.35. The van der Waals surface area contributed by atoms with Gasteiger partial charge in [-0.15, -0.1) is 0 Å². The van der Waals surface area contributed by atoms with Crippen molar-refractivity contribution < 1.29 is 4.79 Å². The number of piperidine rings is 1. The van der Waals surface area contributed by atoms with Crippen molar-refractivity contribution in [2.24, 2.45) is 5.73 Å². The maximum atomic E-state index is 13.1. The zero-order valence-electron chi connectivity index (χ0n) is 18.0. The summed E-state index contributed by atoms with van der Waals surface area (Å²) in [7, 11) is 0. The highest BCUT2D eigenvalue weighted by molar-refractivity contribution is 5.94. The van der Waals surface area contributed by atoms with E-state index < -0.39 is 0 Å². The molecule has 1 aliphatic heterocycles. The van der Waals surface area contributed by atoms with Crippen molar-refractivity contribution in [1.29, 1.82) is 0 Å². The summed E-state index contributed by atoms with van der Waals surface area (Å²) >= 11 is 0. The van der Waals surface area contributed by atoms with Gasteiger partial charge in [0.25, 0.3) is 5.91 Å². The lowest BCUT2D eigenvalue weighted by Crippen LogP contribution is -2.38. The van der Waals surface area contributed by atoms with Crippen molar-refractivity contribution in [2.45, 2.75) is 38.0 Å². The molecule has 0 spiro atoms. The maximum Gasteiger partial charge on any atom is 0.255 e. The van der Waals surface area contributed by atoms with Crippen molar-refractivity contribution in [2.75, 3.05) is 19.6 Å². The van der Waals surface area contributed by atoms with Gasteiger partial charge in [-0.2, -0.15) is 0 Å². The summed E-state index contributed by atoms with van der Waals surface area (Å²) in [5.74, 6) is 0.612. The number of benzene rings is 2. The second-order valence-electron chi connectivity index (χ2n) is 8.42. The van der Waals surface area contributed by atoms with E-state index in [9.17, 15) is 4.79 Å². The summed E-state index contributed by atoms with van der Waals surface area (Å²) in [5.41, 5.74) is 11.5. The quantitative estimate of drug-likeness (QED) is 0.625. The van der Waals surface area contributed by atoms with Crippen LogP contribution in [-0.2, 0) is 19.3 Å². The van der Waals surface area contributed by atoms with Crippen LogP contribution in [0.15, 0.2) is 73.1 Å². The van der Waals surface area contributed by atoms with Crippen LogP contribution in [0.5, 0.6) is 0 Å². The topological polar surface area (TPSA) is 59.2 Å². The van der Waals surface area contributed by atoms with Gasteiger partial charge in [-0.05, 0) is 72.9 Å². The minimum absolute atomic E-state index is 0.101. The molecule has 4 nitrogen and oxygen atoms in total. The van der Waals surface area contributed by atoms with Crippen LogP contribution in [0, 0.1) is 0 Å². The smallest absolute Gasteiger partial charge is 0.255 e. The second-order valence-corrected chi connectivity index (χ2v) is 8.42. The summed E-state index contributed by atoms with van der Waals surface area (Å²) in [6.07, 6.45) is 8.34. The largest absolute Gasteiger partial charge is 0.339 e. The lowest BCUT2D eigenvalue weighted by Gasteiger charge is -2.32. The van der Waals surface area contributed by atoms with Crippen LogP contribution in [-0.4, -0.2) is 35.4 Å². The van der Waals surface area contributed by atoms with E-state index in [0.717, 1.165) is 50.8 Å². The lowest BCUT2D eigenvalue weighted by molar-refractivity contribution is 0.0712. The van der Waals surface area contributed by atoms with Crippen LogP contribution < -0.4 is 5.73 Å². The fourth-order valence-corrected chi connectivity index (χ4v) is 4.44. The van der Waals surface area contributed by atoms with Crippen LogP contribution >= 0.6 is 0 Å². The van der Waals surface area contributed by atoms with Gasteiger partial charge in [0, 0.05) is 25.5 Å². The highest BCUT2D eigenvalue weighted by Gasteiger charge is 2.25. The molecule has 2 aromatic carbocycles. The van der Waals surface area contributed by atoms with Gasteiger partial charge in [0.15, 0.2) is 0 Å². The number of aromatic nitrogens is 1. The Morgan fingerprint density at radius 1 is 0.871 bits per heavy atom. The fraction of sp³-hybridized carbons (Fsp3) is 0.333. The molecule has 0 aliphatic carbocycles. The number of carbonyl (C=O) groups is 1. The number of likely N-dealkylation sites (tertiary alicyclic amines) is 1. The summed E-state index contributed by atoms with van der Waals surface area (Å²) in [5, 5.41) is 0. The molecular formula is C27H31N3O. The fourth-order valence-electron chi connectivity index (χ4n) is 4.44. The first-order valence-electron chi connectivity index (χ1n) is 11.3. The average molecular weight is 414 g/mol. The highest BCUT2D eigenvalue weighted by Crippen LogP contribution is 2.29. The molecule has 2 heterocycles. The standard InChI is InChI=1S/C27H31N3O/c28-14-11-22-7-4-8-25(17-22)24-12-15-30(16-13-24)27(31)26-18-23(19-29-20-26)10-9-21-5-2-1-3-6-21/h1-8,17-20,24H,9-16,28H2. The molecule has 0 unspecified atom stereocenters. The van der Waals surface area contributed by atoms with Crippen LogP contribution in [0.1, 0.15) is 51.4 Å². The van der Waals surface area contributed by atoms with E-state index in [2.05, 4.69) is 53.5 Å². The number of hydrogen-bond acceptors (Lipinski definition) is 3. The number of nitrogens with zero attached hydrogens (tertiary/aromatic N) is 2. The van der Waals surface area contributed by atoms with E-state index in [1.807, 2.05) is 23.2 Å². The first-order chi connectivity index (χ1) is 15.2. The first-order valence-corrected chi connectivity index (χ1v) is 11.3. The molecule has 0 radical (unpaired) electrons. The molecule has 1 fully saturated rings. The molecule has 0 saturated carbocycles. The zero-order valence-corrected chi connectivity index (χ0v) is 18.0. The Labute approximate surface area is 185 Å². The van der Waals surface area contributed by atoms with Gasteiger partial charge in [-0.25, -0.2) is 0 Å². The molecule has 160 valence electrons. The number of rotatable bonds is 7. The van der Waals surface area contributed by atoms with Gasteiger partial charge in [0.1, 0.15) is 0 Å². The van der Waals surface area contributed by atoms with Crippen LogP contribution in [0.3, 0.4) is 0 Å². The molecule has 31 heavy (non-hydrogen) atoms. The van der Waals surface area contributed by atoms with Gasteiger partial charge in [0.05, 0.1) is 5.56 Å². The number of pyridine rings is 1. The van der Waals surface area contributed by atoms with Gasteiger partial charge in [-0.1, -0.05) is 54.6 Å². The number of carbonyl (C=O) groups excluding carboxylic acids is 1. The Morgan fingerprint density at radius 3 is 2.39 bits per heavy atom. The van der Waals surface area contributed by atoms with E-state index >= 15 is 0 Å².